The number of rotatable bonds is 6. The highest BCUT2D eigenvalue weighted by atomic mass is 16.2. The molecule has 1 aromatic carbocycles. The van der Waals surface area contributed by atoms with Crippen LogP contribution in [0.2, 0.25) is 0 Å². The number of pyridine rings is 1. The number of imide groups is 1. The van der Waals surface area contributed by atoms with E-state index in [1.807, 2.05) is 18.2 Å². The number of benzene rings is 1. The van der Waals surface area contributed by atoms with Crippen molar-refractivity contribution in [3.05, 3.63) is 72.6 Å². The fraction of sp³-hybridized carbons (Fsp3) is 0.200. The minimum Gasteiger partial charge on any atom is -0.329 e. The number of para-hydroxylation sites is 1. The van der Waals surface area contributed by atoms with Crippen molar-refractivity contribution in [2.24, 2.45) is 0 Å². The summed E-state index contributed by atoms with van der Waals surface area (Å²) in [5, 5.41) is 2.29. The average Bonchev–Trinajstić information content (AvgIpc) is 2.68. The maximum Gasteiger partial charge on any atom is 0.328 e. The van der Waals surface area contributed by atoms with Gasteiger partial charge in [-0.3, -0.25) is 24.8 Å². The highest BCUT2D eigenvalue weighted by Crippen LogP contribution is 2.24. The molecule has 3 rings (SSSR count). The van der Waals surface area contributed by atoms with Gasteiger partial charge in [-0.15, -0.1) is 6.58 Å². The minimum absolute atomic E-state index is 0.193. The first-order valence-corrected chi connectivity index (χ1v) is 8.60. The molecule has 1 aromatic heterocycles. The van der Waals surface area contributed by atoms with Crippen LogP contribution in [0.4, 0.5) is 10.5 Å². The van der Waals surface area contributed by atoms with Crippen molar-refractivity contribution in [2.45, 2.75) is 13.0 Å². The van der Waals surface area contributed by atoms with Gasteiger partial charge >= 0.3 is 6.03 Å². The largest absolute Gasteiger partial charge is 0.329 e. The van der Waals surface area contributed by atoms with E-state index in [-0.39, 0.29) is 24.8 Å². The molecule has 4 amide bonds. The van der Waals surface area contributed by atoms with E-state index >= 15 is 0 Å². The molecule has 2 heterocycles. The standard InChI is InChI=1S/C20H20N4O3/c1-2-12-23(14-15-7-5-6-11-21-15)19(26)16-8-3-4-9-17(16)24-13-10-18(25)22-20(24)27/h2-9,11H,1,10,12-14H2,(H,22,25,27). The summed E-state index contributed by atoms with van der Waals surface area (Å²) in [6.07, 6.45) is 3.52. The number of nitrogens with one attached hydrogen (secondary N) is 1. The zero-order valence-electron chi connectivity index (χ0n) is 14.8. The van der Waals surface area contributed by atoms with Gasteiger partial charge in [0, 0.05) is 25.7 Å². The van der Waals surface area contributed by atoms with Gasteiger partial charge in [0.1, 0.15) is 0 Å². The Morgan fingerprint density at radius 1 is 1.22 bits per heavy atom. The molecule has 1 aliphatic heterocycles. The molecule has 0 radical (unpaired) electrons. The Hall–Kier alpha value is -3.48. The van der Waals surface area contributed by atoms with E-state index in [9.17, 15) is 14.4 Å². The van der Waals surface area contributed by atoms with Crippen molar-refractivity contribution in [1.82, 2.24) is 15.2 Å². The molecule has 0 atom stereocenters. The van der Waals surface area contributed by atoms with Gasteiger partial charge in [0.05, 0.1) is 23.5 Å². The predicted octanol–water partition coefficient (Wildman–Crippen LogP) is 2.36. The second-order valence-corrected chi connectivity index (χ2v) is 6.07. The molecule has 1 aliphatic rings. The van der Waals surface area contributed by atoms with Crippen molar-refractivity contribution < 1.29 is 14.4 Å². The molecule has 7 nitrogen and oxygen atoms in total. The van der Waals surface area contributed by atoms with Crippen LogP contribution in [0.1, 0.15) is 22.5 Å². The first-order valence-electron chi connectivity index (χ1n) is 8.60. The third kappa shape index (κ3) is 4.20. The lowest BCUT2D eigenvalue weighted by Gasteiger charge is -2.29. The van der Waals surface area contributed by atoms with E-state index < -0.39 is 6.03 Å². The number of nitrogens with zero attached hydrogens (tertiary/aromatic N) is 3. The minimum atomic E-state index is -0.522. The van der Waals surface area contributed by atoms with Crippen molar-refractivity contribution in [2.75, 3.05) is 18.0 Å². The lowest BCUT2D eigenvalue weighted by Crippen LogP contribution is -2.50. The summed E-state index contributed by atoms with van der Waals surface area (Å²) in [6.45, 7) is 4.62. The van der Waals surface area contributed by atoms with Crippen molar-refractivity contribution >= 4 is 23.5 Å². The van der Waals surface area contributed by atoms with Gasteiger partial charge in [0.15, 0.2) is 0 Å². The predicted molar refractivity (Wildman–Crippen MR) is 101 cm³/mol. The molecular formula is C20H20N4O3. The van der Waals surface area contributed by atoms with Gasteiger partial charge in [-0.25, -0.2) is 4.79 Å². The normalized spacial score (nSPS) is 13.9. The Morgan fingerprint density at radius 2 is 2.00 bits per heavy atom. The van der Waals surface area contributed by atoms with Gasteiger partial charge < -0.3 is 4.90 Å². The second kappa shape index (κ2) is 8.27. The topological polar surface area (TPSA) is 82.6 Å². The molecule has 7 heteroatoms. The first kappa shape index (κ1) is 18.3. The first-order chi connectivity index (χ1) is 13.1. The van der Waals surface area contributed by atoms with Crippen LogP contribution in [0.5, 0.6) is 0 Å². The molecule has 0 aliphatic carbocycles. The molecule has 1 fully saturated rings. The lowest BCUT2D eigenvalue weighted by molar-refractivity contribution is -0.120. The molecule has 0 bridgehead atoms. The number of hydrogen-bond donors (Lipinski definition) is 1. The molecule has 0 unspecified atom stereocenters. The molecule has 1 N–H and O–H groups in total. The average molecular weight is 364 g/mol. The van der Waals surface area contributed by atoms with Gasteiger partial charge in [0.2, 0.25) is 5.91 Å². The van der Waals surface area contributed by atoms with E-state index in [4.69, 9.17) is 0 Å². The smallest absolute Gasteiger partial charge is 0.328 e. The Labute approximate surface area is 157 Å². The third-order valence-corrected chi connectivity index (χ3v) is 4.19. The third-order valence-electron chi connectivity index (χ3n) is 4.19. The molecule has 1 saturated heterocycles. The van der Waals surface area contributed by atoms with Crippen LogP contribution < -0.4 is 10.2 Å². The van der Waals surface area contributed by atoms with Gasteiger partial charge in [-0.05, 0) is 24.3 Å². The zero-order valence-corrected chi connectivity index (χ0v) is 14.8. The Balaban J connectivity index is 1.89. The number of amides is 4. The van der Waals surface area contributed by atoms with Crippen molar-refractivity contribution in [3.63, 3.8) is 0 Å². The number of carbonyl (C=O) groups excluding carboxylic acids is 3. The van der Waals surface area contributed by atoms with Crippen molar-refractivity contribution in [3.8, 4) is 0 Å². The van der Waals surface area contributed by atoms with E-state index in [1.54, 1.807) is 41.4 Å². The maximum atomic E-state index is 13.2. The fourth-order valence-electron chi connectivity index (χ4n) is 2.92. The van der Waals surface area contributed by atoms with Crippen LogP contribution in [-0.2, 0) is 11.3 Å². The highest BCUT2D eigenvalue weighted by Gasteiger charge is 2.28. The van der Waals surface area contributed by atoms with Crippen molar-refractivity contribution in [1.29, 1.82) is 0 Å². The number of urea groups is 1. The van der Waals surface area contributed by atoms with E-state index in [1.165, 1.54) is 4.90 Å². The summed E-state index contributed by atoms with van der Waals surface area (Å²) in [6, 6.07) is 11.9. The quantitative estimate of drug-likeness (QED) is 0.798. The van der Waals surface area contributed by atoms with Crippen LogP contribution in [0.25, 0.3) is 0 Å². The zero-order chi connectivity index (χ0) is 19.2. The Morgan fingerprint density at radius 3 is 2.70 bits per heavy atom. The lowest BCUT2D eigenvalue weighted by atomic mass is 10.1. The fourth-order valence-corrected chi connectivity index (χ4v) is 2.92. The van der Waals surface area contributed by atoms with Gasteiger partial charge in [-0.2, -0.15) is 0 Å². The molecule has 0 saturated carbocycles. The number of carbonyl (C=O) groups is 3. The Bertz CT molecular complexity index is 867. The van der Waals surface area contributed by atoms with E-state index in [0.717, 1.165) is 5.69 Å². The van der Waals surface area contributed by atoms with Gasteiger partial charge in [-0.1, -0.05) is 24.3 Å². The molecule has 2 aromatic rings. The number of anilines is 1. The van der Waals surface area contributed by atoms with Crippen LogP contribution >= 0.6 is 0 Å². The van der Waals surface area contributed by atoms with Crippen LogP contribution in [-0.4, -0.2) is 40.8 Å². The Kier molecular flexibility index (Phi) is 5.61. The summed E-state index contributed by atoms with van der Waals surface area (Å²) < 4.78 is 0. The molecule has 138 valence electrons. The summed E-state index contributed by atoms with van der Waals surface area (Å²) in [5.41, 5.74) is 1.62. The number of aromatic nitrogens is 1. The number of hydrogen-bond acceptors (Lipinski definition) is 4. The van der Waals surface area contributed by atoms with E-state index in [2.05, 4.69) is 16.9 Å². The molecule has 0 spiro atoms. The van der Waals surface area contributed by atoms with Crippen LogP contribution in [0.15, 0.2) is 61.3 Å². The monoisotopic (exact) mass is 364 g/mol. The highest BCUT2D eigenvalue weighted by molar-refractivity contribution is 6.09. The maximum absolute atomic E-state index is 13.2. The molecular weight excluding hydrogens is 344 g/mol. The summed E-state index contributed by atoms with van der Waals surface area (Å²) in [5.74, 6) is -0.552. The van der Waals surface area contributed by atoms with Crippen LogP contribution in [0.3, 0.4) is 0 Å². The van der Waals surface area contributed by atoms with Crippen LogP contribution in [0, 0.1) is 0 Å². The van der Waals surface area contributed by atoms with E-state index in [0.29, 0.717) is 24.3 Å². The molecule has 27 heavy (non-hydrogen) atoms. The second-order valence-electron chi connectivity index (χ2n) is 6.07. The SMILES string of the molecule is C=CCN(Cc1ccccn1)C(=O)c1ccccc1N1CCC(=O)NC1=O. The van der Waals surface area contributed by atoms with Gasteiger partial charge in [0.25, 0.3) is 5.91 Å². The summed E-state index contributed by atoms with van der Waals surface area (Å²) in [4.78, 5) is 44.1. The summed E-state index contributed by atoms with van der Waals surface area (Å²) >= 11 is 0. The summed E-state index contributed by atoms with van der Waals surface area (Å²) in [7, 11) is 0.